The average molecular weight is 271 g/mol. The van der Waals surface area contributed by atoms with Crippen molar-refractivity contribution in [2.45, 2.75) is 36.3 Å². The molecule has 1 aliphatic carbocycles. The fourth-order valence-electron chi connectivity index (χ4n) is 1.97. The van der Waals surface area contributed by atoms with Gasteiger partial charge >= 0.3 is 0 Å². The van der Waals surface area contributed by atoms with E-state index in [0.717, 1.165) is 19.3 Å². The number of sulfonamides is 1. The summed E-state index contributed by atoms with van der Waals surface area (Å²) in [6.07, 6.45) is 7.87. The molecule has 2 rings (SSSR count). The van der Waals surface area contributed by atoms with Gasteiger partial charge in [-0.2, -0.15) is 0 Å². The Kier molecular flexibility index (Phi) is 4.36. The lowest BCUT2D eigenvalue weighted by Gasteiger charge is -2.12. The van der Waals surface area contributed by atoms with Gasteiger partial charge in [-0.05, 0) is 43.6 Å². The minimum atomic E-state index is -3.28. The van der Waals surface area contributed by atoms with E-state index >= 15 is 0 Å². The Morgan fingerprint density at radius 3 is 2.88 bits per heavy atom. The van der Waals surface area contributed by atoms with Crippen molar-refractivity contribution in [1.29, 1.82) is 0 Å². The van der Waals surface area contributed by atoms with Crippen molar-refractivity contribution in [3.8, 4) is 0 Å². The summed E-state index contributed by atoms with van der Waals surface area (Å²) in [5.74, 6) is 0. The smallest absolute Gasteiger partial charge is 0.210 e. The number of nitrogens with one attached hydrogen (secondary N) is 1. The van der Waals surface area contributed by atoms with Crippen LogP contribution in [-0.2, 0) is 10.0 Å². The van der Waals surface area contributed by atoms with Crippen molar-refractivity contribution < 1.29 is 8.42 Å². The highest BCUT2D eigenvalue weighted by Crippen LogP contribution is 2.20. The zero-order chi connectivity index (χ0) is 12.1. The number of thiophene rings is 1. The molecule has 0 saturated carbocycles. The third-order valence-corrected chi connectivity index (χ3v) is 5.74. The Bertz CT molecular complexity index is 475. The first kappa shape index (κ1) is 12.8. The second-order valence-electron chi connectivity index (χ2n) is 4.19. The van der Waals surface area contributed by atoms with Crippen molar-refractivity contribution in [2.75, 3.05) is 6.54 Å². The molecule has 1 N–H and O–H groups in total. The fraction of sp³-hybridized carbons (Fsp3) is 0.500. The minimum Gasteiger partial charge on any atom is -0.210 e. The predicted octanol–water partition coefficient (Wildman–Crippen LogP) is 2.92. The van der Waals surface area contributed by atoms with Crippen LogP contribution in [0.3, 0.4) is 0 Å². The Morgan fingerprint density at radius 2 is 2.24 bits per heavy atom. The molecule has 1 aromatic rings. The van der Waals surface area contributed by atoms with Gasteiger partial charge in [0, 0.05) is 6.54 Å². The molecular weight excluding hydrogens is 254 g/mol. The molecule has 5 heteroatoms. The van der Waals surface area contributed by atoms with E-state index in [0.29, 0.717) is 10.8 Å². The van der Waals surface area contributed by atoms with Gasteiger partial charge in [-0.1, -0.05) is 17.7 Å². The lowest BCUT2D eigenvalue weighted by Crippen LogP contribution is -2.24. The number of hydrogen-bond acceptors (Lipinski definition) is 3. The number of hydrogen-bond donors (Lipinski definition) is 1. The van der Waals surface area contributed by atoms with Gasteiger partial charge in [-0.3, -0.25) is 0 Å². The van der Waals surface area contributed by atoms with Crippen LogP contribution in [0.15, 0.2) is 33.4 Å². The summed E-state index contributed by atoms with van der Waals surface area (Å²) in [6, 6.07) is 3.38. The molecule has 0 bridgehead atoms. The molecule has 0 aliphatic heterocycles. The third kappa shape index (κ3) is 3.66. The SMILES string of the molecule is O=S(=O)(NCCC1=CCCCC1)c1cccs1. The van der Waals surface area contributed by atoms with E-state index < -0.39 is 10.0 Å². The van der Waals surface area contributed by atoms with Crippen LogP contribution >= 0.6 is 11.3 Å². The topological polar surface area (TPSA) is 46.2 Å². The van der Waals surface area contributed by atoms with Crippen molar-refractivity contribution in [2.24, 2.45) is 0 Å². The van der Waals surface area contributed by atoms with Gasteiger partial charge in [0.25, 0.3) is 0 Å². The summed E-state index contributed by atoms with van der Waals surface area (Å²) in [7, 11) is -3.28. The maximum absolute atomic E-state index is 11.8. The van der Waals surface area contributed by atoms with Crippen LogP contribution < -0.4 is 4.72 Å². The fourth-order valence-corrected chi connectivity index (χ4v) is 4.03. The molecule has 1 heterocycles. The van der Waals surface area contributed by atoms with E-state index in [2.05, 4.69) is 10.8 Å². The lowest BCUT2D eigenvalue weighted by molar-refractivity contribution is 0.581. The molecule has 0 radical (unpaired) electrons. The first-order valence-corrected chi connectivity index (χ1v) is 8.26. The Hall–Kier alpha value is -0.650. The van der Waals surface area contributed by atoms with E-state index in [1.54, 1.807) is 17.5 Å². The molecular formula is C12H17NO2S2. The van der Waals surface area contributed by atoms with Crippen LogP contribution in [0.2, 0.25) is 0 Å². The number of rotatable bonds is 5. The van der Waals surface area contributed by atoms with Crippen molar-refractivity contribution >= 4 is 21.4 Å². The van der Waals surface area contributed by atoms with Gasteiger partial charge in [0.15, 0.2) is 0 Å². The third-order valence-electron chi connectivity index (χ3n) is 2.88. The summed E-state index contributed by atoms with van der Waals surface area (Å²) >= 11 is 1.25. The quantitative estimate of drug-likeness (QED) is 0.837. The van der Waals surface area contributed by atoms with Gasteiger partial charge in [-0.15, -0.1) is 11.3 Å². The highest BCUT2D eigenvalue weighted by atomic mass is 32.2. The maximum Gasteiger partial charge on any atom is 0.250 e. The largest absolute Gasteiger partial charge is 0.250 e. The summed E-state index contributed by atoms with van der Waals surface area (Å²) in [6.45, 7) is 0.506. The first-order chi connectivity index (χ1) is 8.18. The van der Waals surface area contributed by atoms with Crippen LogP contribution in [0.5, 0.6) is 0 Å². The van der Waals surface area contributed by atoms with Gasteiger partial charge in [0.05, 0.1) is 0 Å². The monoisotopic (exact) mass is 271 g/mol. The molecule has 94 valence electrons. The lowest BCUT2D eigenvalue weighted by atomic mass is 9.97. The van der Waals surface area contributed by atoms with Gasteiger partial charge < -0.3 is 0 Å². The van der Waals surface area contributed by atoms with Gasteiger partial charge in [0.1, 0.15) is 4.21 Å². The molecule has 0 unspecified atom stereocenters. The predicted molar refractivity (Wildman–Crippen MR) is 70.7 cm³/mol. The van der Waals surface area contributed by atoms with Gasteiger partial charge in [0.2, 0.25) is 10.0 Å². The summed E-state index contributed by atoms with van der Waals surface area (Å²) in [4.78, 5) is 0. The number of allylic oxidation sites excluding steroid dienone is 1. The van der Waals surface area contributed by atoms with E-state index in [1.807, 2.05) is 0 Å². The van der Waals surface area contributed by atoms with Gasteiger partial charge in [-0.25, -0.2) is 13.1 Å². The minimum absolute atomic E-state index is 0.398. The van der Waals surface area contributed by atoms with E-state index in [1.165, 1.54) is 29.8 Å². The molecule has 0 aromatic carbocycles. The molecule has 0 atom stereocenters. The van der Waals surface area contributed by atoms with Crippen LogP contribution in [0.25, 0.3) is 0 Å². The summed E-state index contributed by atoms with van der Waals surface area (Å²) in [5, 5.41) is 1.78. The second kappa shape index (κ2) is 5.80. The molecule has 3 nitrogen and oxygen atoms in total. The van der Waals surface area contributed by atoms with Crippen LogP contribution in [0.4, 0.5) is 0 Å². The molecule has 1 aromatic heterocycles. The Balaban J connectivity index is 1.84. The van der Waals surface area contributed by atoms with E-state index in [4.69, 9.17) is 0 Å². The van der Waals surface area contributed by atoms with E-state index in [9.17, 15) is 8.42 Å². The maximum atomic E-state index is 11.8. The van der Waals surface area contributed by atoms with Crippen LogP contribution in [0, 0.1) is 0 Å². The molecule has 0 amide bonds. The molecule has 0 spiro atoms. The second-order valence-corrected chi connectivity index (χ2v) is 7.13. The van der Waals surface area contributed by atoms with Crippen LogP contribution in [-0.4, -0.2) is 15.0 Å². The van der Waals surface area contributed by atoms with Crippen molar-refractivity contribution in [3.63, 3.8) is 0 Å². The zero-order valence-electron chi connectivity index (χ0n) is 9.69. The standard InChI is InChI=1S/C12H17NO2S2/c14-17(15,12-7-4-10-16-12)13-9-8-11-5-2-1-3-6-11/h4-5,7,10,13H,1-3,6,8-9H2. The normalized spacial score (nSPS) is 16.8. The summed E-state index contributed by atoms with van der Waals surface area (Å²) in [5.41, 5.74) is 1.39. The molecule has 0 fully saturated rings. The average Bonchev–Trinajstić information content (AvgIpc) is 2.84. The van der Waals surface area contributed by atoms with Crippen molar-refractivity contribution in [1.82, 2.24) is 4.72 Å². The van der Waals surface area contributed by atoms with E-state index in [-0.39, 0.29) is 0 Å². The molecule has 0 saturated heterocycles. The molecule has 17 heavy (non-hydrogen) atoms. The first-order valence-electron chi connectivity index (χ1n) is 5.89. The highest BCUT2D eigenvalue weighted by molar-refractivity contribution is 7.91. The summed E-state index contributed by atoms with van der Waals surface area (Å²) < 4.78 is 26.7. The van der Waals surface area contributed by atoms with Crippen molar-refractivity contribution in [3.05, 3.63) is 29.2 Å². The van der Waals surface area contributed by atoms with Crippen LogP contribution in [0.1, 0.15) is 32.1 Å². The Morgan fingerprint density at radius 1 is 1.35 bits per heavy atom. The molecule has 1 aliphatic rings. The highest BCUT2D eigenvalue weighted by Gasteiger charge is 2.14. The Labute approximate surface area is 107 Å². The zero-order valence-corrected chi connectivity index (χ0v) is 11.3.